The molecule has 2 fully saturated rings. The average molecular weight is 322 g/mol. The molecule has 0 radical (unpaired) electrons. The van der Waals surface area contributed by atoms with Crippen LogP contribution in [0.1, 0.15) is 31.2 Å². The van der Waals surface area contributed by atoms with E-state index in [0.29, 0.717) is 0 Å². The number of piperidine rings is 1. The zero-order chi connectivity index (χ0) is 15.0. The zero-order valence-corrected chi connectivity index (χ0v) is 13.8. The normalized spacial score (nSPS) is 25.1. The topological polar surface area (TPSA) is 21.7 Å². The van der Waals surface area contributed by atoms with Gasteiger partial charge in [-0.2, -0.15) is 0 Å². The van der Waals surface area contributed by atoms with Gasteiger partial charge in [-0.1, -0.05) is 11.6 Å². The first-order valence-corrected chi connectivity index (χ1v) is 8.86. The molecule has 1 aromatic rings. The predicted molar refractivity (Wildman–Crippen MR) is 87.8 cm³/mol. The number of nitrogens with zero attached hydrogens (tertiary/aromatic N) is 1. The fourth-order valence-electron chi connectivity index (χ4n) is 4.21. The largest absolute Gasteiger partial charge is 0.492 e. The van der Waals surface area contributed by atoms with Crippen molar-refractivity contribution in [3.05, 3.63) is 28.8 Å². The Hall–Kier alpha value is -0.770. The fraction of sp³-hybridized carbons (Fsp3) is 0.667. The lowest BCUT2D eigenvalue weighted by molar-refractivity contribution is 0.0431. The minimum absolute atomic E-state index is 0.201. The maximum absolute atomic E-state index is 6.21. The molecule has 0 aliphatic carbocycles. The summed E-state index contributed by atoms with van der Waals surface area (Å²) in [5.41, 5.74) is 1.54. The molecule has 0 unspecified atom stereocenters. The highest BCUT2D eigenvalue weighted by Gasteiger charge is 2.43. The van der Waals surface area contributed by atoms with Gasteiger partial charge in [0, 0.05) is 35.8 Å². The van der Waals surface area contributed by atoms with Crippen molar-refractivity contribution in [2.24, 2.45) is 5.92 Å². The molecule has 2 saturated heterocycles. The van der Waals surface area contributed by atoms with Crippen molar-refractivity contribution in [3.8, 4) is 5.75 Å². The van der Waals surface area contributed by atoms with Crippen LogP contribution in [0.5, 0.6) is 5.75 Å². The van der Waals surface area contributed by atoms with Crippen molar-refractivity contribution in [2.75, 3.05) is 39.5 Å². The van der Waals surface area contributed by atoms with E-state index >= 15 is 0 Å². The average Bonchev–Trinajstić information content (AvgIpc) is 2.89. The Morgan fingerprint density at radius 2 is 1.95 bits per heavy atom. The molecule has 1 aromatic carbocycles. The SMILES string of the molecule is Clc1ccc2c(c1)C1(CCN(CC3CCOCC3)CC1)CO2. The van der Waals surface area contributed by atoms with Gasteiger partial charge in [-0.25, -0.2) is 0 Å². The van der Waals surface area contributed by atoms with Crippen molar-refractivity contribution in [1.82, 2.24) is 4.90 Å². The molecule has 4 heteroatoms. The smallest absolute Gasteiger partial charge is 0.123 e. The highest BCUT2D eigenvalue weighted by Crippen LogP contribution is 2.46. The molecule has 0 amide bonds. The minimum Gasteiger partial charge on any atom is -0.492 e. The standard InChI is InChI=1S/C18H24ClNO2/c19-15-1-2-17-16(11-15)18(13-22-17)5-7-20(8-6-18)12-14-3-9-21-10-4-14/h1-2,11,14H,3-10,12-13H2. The highest BCUT2D eigenvalue weighted by atomic mass is 35.5. The van der Waals surface area contributed by atoms with Crippen molar-refractivity contribution in [1.29, 1.82) is 0 Å². The van der Waals surface area contributed by atoms with Gasteiger partial charge in [-0.15, -0.1) is 0 Å². The first-order chi connectivity index (χ1) is 10.8. The number of ether oxygens (including phenoxy) is 2. The van der Waals surface area contributed by atoms with E-state index in [0.717, 1.165) is 36.5 Å². The summed E-state index contributed by atoms with van der Waals surface area (Å²) in [6, 6.07) is 6.08. The number of rotatable bonds is 2. The highest BCUT2D eigenvalue weighted by molar-refractivity contribution is 6.30. The third kappa shape index (κ3) is 2.75. The lowest BCUT2D eigenvalue weighted by atomic mass is 9.74. The van der Waals surface area contributed by atoms with Gasteiger partial charge in [-0.05, 0) is 62.9 Å². The second-order valence-corrected chi connectivity index (χ2v) is 7.50. The van der Waals surface area contributed by atoms with E-state index in [9.17, 15) is 0 Å². The number of fused-ring (bicyclic) bond motifs is 2. The van der Waals surface area contributed by atoms with E-state index in [1.54, 1.807) is 0 Å². The molecule has 3 nitrogen and oxygen atoms in total. The third-order valence-corrected chi connectivity index (χ3v) is 5.92. The van der Waals surface area contributed by atoms with Crippen LogP contribution in [0.25, 0.3) is 0 Å². The van der Waals surface area contributed by atoms with Gasteiger partial charge >= 0.3 is 0 Å². The van der Waals surface area contributed by atoms with Crippen molar-refractivity contribution >= 4 is 11.6 Å². The van der Waals surface area contributed by atoms with Crippen LogP contribution in [-0.2, 0) is 10.2 Å². The Labute approximate surface area is 137 Å². The van der Waals surface area contributed by atoms with E-state index < -0.39 is 0 Å². The van der Waals surface area contributed by atoms with Gasteiger partial charge in [0.15, 0.2) is 0 Å². The van der Waals surface area contributed by atoms with Crippen LogP contribution >= 0.6 is 11.6 Å². The van der Waals surface area contributed by atoms with Crippen LogP contribution in [0, 0.1) is 5.92 Å². The first kappa shape index (κ1) is 14.8. The molecular weight excluding hydrogens is 298 g/mol. The molecule has 120 valence electrons. The fourth-order valence-corrected chi connectivity index (χ4v) is 4.38. The summed E-state index contributed by atoms with van der Waals surface area (Å²) in [5, 5.41) is 0.827. The van der Waals surface area contributed by atoms with E-state index in [1.165, 1.54) is 50.9 Å². The molecule has 0 atom stereocenters. The Kier molecular flexibility index (Phi) is 4.05. The molecule has 4 rings (SSSR count). The van der Waals surface area contributed by atoms with Crippen LogP contribution in [0.15, 0.2) is 18.2 Å². The summed E-state index contributed by atoms with van der Waals surface area (Å²) in [7, 11) is 0. The monoisotopic (exact) mass is 321 g/mol. The molecule has 3 heterocycles. The lowest BCUT2D eigenvalue weighted by Crippen LogP contribution is -2.45. The van der Waals surface area contributed by atoms with Gasteiger partial charge in [-0.3, -0.25) is 0 Å². The quantitative estimate of drug-likeness (QED) is 0.832. The van der Waals surface area contributed by atoms with Crippen LogP contribution < -0.4 is 4.74 Å². The van der Waals surface area contributed by atoms with E-state index in [1.807, 2.05) is 12.1 Å². The molecule has 1 spiro atoms. The summed E-state index contributed by atoms with van der Waals surface area (Å²) >= 11 is 6.21. The van der Waals surface area contributed by atoms with Gasteiger partial charge in [0.25, 0.3) is 0 Å². The van der Waals surface area contributed by atoms with Crippen LogP contribution in [0.3, 0.4) is 0 Å². The summed E-state index contributed by atoms with van der Waals surface area (Å²) in [4.78, 5) is 2.64. The molecule has 3 aliphatic heterocycles. The summed E-state index contributed by atoms with van der Waals surface area (Å²) in [6.07, 6.45) is 4.82. The van der Waals surface area contributed by atoms with E-state index in [-0.39, 0.29) is 5.41 Å². The molecule has 0 N–H and O–H groups in total. The van der Waals surface area contributed by atoms with Crippen LogP contribution in [0.4, 0.5) is 0 Å². The number of likely N-dealkylation sites (tertiary alicyclic amines) is 1. The Balaban J connectivity index is 1.41. The summed E-state index contributed by atoms with van der Waals surface area (Å²) in [6.45, 7) is 6.31. The van der Waals surface area contributed by atoms with Crippen molar-refractivity contribution in [2.45, 2.75) is 31.1 Å². The second-order valence-electron chi connectivity index (χ2n) is 7.07. The molecule has 3 aliphatic rings. The summed E-state index contributed by atoms with van der Waals surface area (Å²) in [5.74, 6) is 1.87. The van der Waals surface area contributed by atoms with Crippen molar-refractivity contribution < 1.29 is 9.47 Å². The third-order valence-electron chi connectivity index (χ3n) is 5.69. The van der Waals surface area contributed by atoms with Gasteiger partial charge < -0.3 is 14.4 Å². The minimum atomic E-state index is 0.201. The van der Waals surface area contributed by atoms with E-state index in [2.05, 4.69) is 11.0 Å². The van der Waals surface area contributed by atoms with E-state index in [4.69, 9.17) is 21.1 Å². The Morgan fingerprint density at radius 1 is 1.18 bits per heavy atom. The Bertz CT molecular complexity index is 534. The number of halogens is 1. The first-order valence-electron chi connectivity index (χ1n) is 8.48. The van der Waals surface area contributed by atoms with Crippen molar-refractivity contribution in [3.63, 3.8) is 0 Å². The van der Waals surface area contributed by atoms with Crippen LogP contribution in [-0.4, -0.2) is 44.4 Å². The molecule has 0 aromatic heterocycles. The maximum Gasteiger partial charge on any atom is 0.123 e. The number of hydrogen-bond acceptors (Lipinski definition) is 3. The Morgan fingerprint density at radius 3 is 2.73 bits per heavy atom. The maximum atomic E-state index is 6.21. The molecule has 22 heavy (non-hydrogen) atoms. The van der Waals surface area contributed by atoms with Gasteiger partial charge in [0.2, 0.25) is 0 Å². The van der Waals surface area contributed by atoms with Gasteiger partial charge in [0.05, 0.1) is 6.61 Å². The van der Waals surface area contributed by atoms with Gasteiger partial charge in [0.1, 0.15) is 5.75 Å². The zero-order valence-electron chi connectivity index (χ0n) is 13.0. The molecular formula is C18H24ClNO2. The lowest BCUT2D eigenvalue weighted by Gasteiger charge is -2.40. The molecule has 0 bridgehead atoms. The van der Waals surface area contributed by atoms with Crippen LogP contribution in [0.2, 0.25) is 5.02 Å². The number of hydrogen-bond donors (Lipinski definition) is 0. The number of benzene rings is 1. The predicted octanol–water partition coefficient (Wildman–Crippen LogP) is 3.49. The summed E-state index contributed by atoms with van der Waals surface area (Å²) < 4.78 is 11.4. The second kappa shape index (κ2) is 6.03. The molecule has 0 saturated carbocycles.